The van der Waals surface area contributed by atoms with Gasteiger partial charge in [-0.1, -0.05) is 317 Å². The molecule has 0 bridgehead atoms. The lowest BCUT2D eigenvalue weighted by Gasteiger charge is -2.28. The van der Waals surface area contributed by atoms with Gasteiger partial charge < -0.3 is 27.9 Å². The summed E-state index contributed by atoms with van der Waals surface area (Å²) in [4.78, 5) is 38.1. The van der Waals surface area contributed by atoms with Crippen molar-refractivity contribution in [1.82, 2.24) is 0 Å². The molecule has 0 radical (unpaired) electrons. The summed E-state index contributed by atoms with van der Waals surface area (Å²) in [5, 5.41) is 0. The molecule has 0 saturated carbocycles. The van der Waals surface area contributed by atoms with E-state index in [1.54, 1.807) is 0 Å². The van der Waals surface area contributed by atoms with Gasteiger partial charge in [0.25, 0.3) is 7.82 Å². The smallest absolute Gasteiger partial charge is 0.306 e. The third-order valence-electron chi connectivity index (χ3n) is 15.3. The second-order valence-corrected chi connectivity index (χ2v) is 27.0. The number of nitrogens with zero attached hydrogens (tertiary/aromatic N) is 1. The van der Waals surface area contributed by atoms with Crippen LogP contribution in [0.1, 0.15) is 271 Å². The molecule has 0 aromatic heterocycles. The van der Waals surface area contributed by atoms with E-state index >= 15 is 0 Å². The predicted molar refractivity (Wildman–Crippen MR) is 415 cm³/mol. The van der Waals surface area contributed by atoms with Crippen molar-refractivity contribution in [3.05, 3.63) is 207 Å². The molecule has 0 amide bonds. The van der Waals surface area contributed by atoms with Crippen molar-refractivity contribution in [2.45, 2.75) is 277 Å². The van der Waals surface area contributed by atoms with Gasteiger partial charge in [-0.25, -0.2) is 0 Å². The Morgan fingerprint density at radius 3 is 0.833 bits per heavy atom. The third-order valence-corrected chi connectivity index (χ3v) is 16.3. The minimum absolute atomic E-state index is 0.0454. The maximum absolute atomic E-state index is 12.9. The fourth-order valence-electron chi connectivity index (χ4n) is 9.61. The number of phosphoric ester groups is 1. The van der Waals surface area contributed by atoms with Crippen molar-refractivity contribution < 1.29 is 42.1 Å². The van der Waals surface area contributed by atoms with Crippen molar-refractivity contribution in [2.24, 2.45) is 0 Å². The Bertz CT molecular complexity index is 2380. The molecule has 0 aliphatic rings. The number of carbonyl (C=O) groups excluding carboxylic acids is 2. The number of quaternary nitrogens is 1. The summed E-state index contributed by atoms with van der Waals surface area (Å²) in [5.74, 6) is -0.867. The highest BCUT2D eigenvalue weighted by Gasteiger charge is 2.22. The SMILES string of the molecule is CC/C=C\C/C=C\C/C=C\C/C=C\C/C=C\C/C=C\C/C=C\C/C=C\C/C=C\C/C=C\C/C=C\CCCCCCCC(=O)OC(COC(=O)CCCCCCCCCCCCCCCC/C=C\C/C=C\C/C=C\C/C=C\C/C=C\C/C=C\CC)COP(=O)([O-])OCC[N+](C)(C)C. The van der Waals surface area contributed by atoms with Crippen molar-refractivity contribution >= 4 is 19.8 Å². The Morgan fingerprint density at radius 1 is 0.323 bits per heavy atom. The molecular weight excluding hydrogens is 1210 g/mol. The van der Waals surface area contributed by atoms with Crippen LogP contribution in [-0.4, -0.2) is 70.0 Å². The molecule has 96 heavy (non-hydrogen) atoms. The average molecular weight is 1350 g/mol. The van der Waals surface area contributed by atoms with E-state index in [0.717, 1.165) is 167 Å². The van der Waals surface area contributed by atoms with Crippen LogP contribution in [0.3, 0.4) is 0 Å². The summed E-state index contributed by atoms with van der Waals surface area (Å²) in [6.07, 6.45) is 116. The lowest BCUT2D eigenvalue weighted by Crippen LogP contribution is -2.37. The zero-order valence-electron chi connectivity index (χ0n) is 61.5. The van der Waals surface area contributed by atoms with Crippen LogP contribution < -0.4 is 4.89 Å². The van der Waals surface area contributed by atoms with Gasteiger partial charge in [0.1, 0.15) is 19.8 Å². The molecule has 10 heteroatoms. The number of rotatable bonds is 67. The monoisotopic (exact) mass is 1340 g/mol. The first-order chi connectivity index (χ1) is 47.0. The largest absolute Gasteiger partial charge is 0.756 e. The molecular formula is C86H138NO8P. The first kappa shape index (κ1) is 90.6. The van der Waals surface area contributed by atoms with E-state index in [2.05, 4.69) is 220 Å². The van der Waals surface area contributed by atoms with Gasteiger partial charge in [0, 0.05) is 12.8 Å². The van der Waals surface area contributed by atoms with Crippen molar-refractivity contribution in [2.75, 3.05) is 47.5 Å². The van der Waals surface area contributed by atoms with E-state index < -0.39 is 32.5 Å². The molecule has 0 saturated heterocycles. The molecule has 0 fully saturated rings. The molecule has 2 unspecified atom stereocenters. The fourth-order valence-corrected chi connectivity index (χ4v) is 10.3. The Hall–Kier alpha value is -5.41. The zero-order chi connectivity index (χ0) is 69.7. The van der Waals surface area contributed by atoms with Crippen LogP contribution in [0.2, 0.25) is 0 Å². The van der Waals surface area contributed by atoms with Crippen LogP contribution >= 0.6 is 7.82 Å². The number of likely N-dealkylation sites (N-methyl/N-ethyl adjacent to an activating group) is 1. The highest BCUT2D eigenvalue weighted by Crippen LogP contribution is 2.38. The molecule has 9 nitrogen and oxygen atoms in total. The number of phosphoric acid groups is 1. The molecule has 0 aliphatic carbocycles. The summed E-state index contributed by atoms with van der Waals surface area (Å²) in [7, 11) is 1.13. The predicted octanol–water partition coefficient (Wildman–Crippen LogP) is 24.7. The van der Waals surface area contributed by atoms with Crippen LogP contribution in [0.15, 0.2) is 207 Å². The van der Waals surface area contributed by atoms with Crippen molar-refractivity contribution in [3.63, 3.8) is 0 Å². The maximum atomic E-state index is 12.9. The van der Waals surface area contributed by atoms with Gasteiger partial charge in [0.2, 0.25) is 0 Å². The Kier molecular flexibility index (Phi) is 69.7. The second kappa shape index (κ2) is 73.8. The molecule has 540 valence electrons. The van der Waals surface area contributed by atoms with E-state index in [0.29, 0.717) is 17.4 Å². The summed E-state index contributed by atoms with van der Waals surface area (Å²) in [6, 6.07) is 0. The summed E-state index contributed by atoms with van der Waals surface area (Å²) >= 11 is 0. The first-order valence-corrected chi connectivity index (χ1v) is 39.3. The van der Waals surface area contributed by atoms with Crippen molar-refractivity contribution in [1.29, 1.82) is 0 Å². The molecule has 2 atom stereocenters. The molecule has 0 heterocycles. The lowest BCUT2D eigenvalue weighted by atomic mass is 10.0. The van der Waals surface area contributed by atoms with Gasteiger partial charge in [-0.15, -0.1) is 0 Å². The molecule has 0 aromatic rings. The summed E-state index contributed by atoms with van der Waals surface area (Å²) in [5.41, 5.74) is 0. The number of hydrogen-bond donors (Lipinski definition) is 0. The van der Waals surface area contributed by atoms with Gasteiger partial charge in [0.05, 0.1) is 27.7 Å². The van der Waals surface area contributed by atoms with Gasteiger partial charge >= 0.3 is 11.9 Å². The molecule has 0 aliphatic heterocycles. The number of hydrogen-bond acceptors (Lipinski definition) is 8. The number of ether oxygens (including phenoxy) is 2. The highest BCUT2D eigenvalue weighted by molar-refractivity contribution is 7.45. The quantitative estimate of drug-likeness (QED) is 0.0195. The number of unbranched alkanes of at least 4 members (excludes halogenated alkanes) is 19. The van der Waals surface area contributed by atoms with Gasteiger partial charge in [0.15, 0.2) is 6.10 Å². The maximum Gasteiger partial charge on any atom is 0.306 e. The Morgan fingerprint density at radius 2 is 0.562 bits per heavy atom. The third kappa shape index (κ3) is 77.6. The minimum atomic E-state index is -4.67. The van der Waals surface area contributed by atoms with E-state index in [4.69, 9.17) is 18.5 Å². The second-order valence-electron chi connectivity index (χ2n) is 25.5. The lowest BCUT2D eigenvalue weighted by molar-refractivity contribution is -0.870. The minimum Gasteiger partial charge on any atom is -0.756 e. The van der Waals surface area contributed by atoms with Gasteiger partial charge in [-0.3, -0.25) is 14.2 Å². The Labute approximate surface area is 589 Å². The Balaban J connectivity index is 4.14. The van der Waals surface area contributed by atoms with Gasteiger partial charge in [-0.2, -0.15) is 0 Å². The summed E-state index contributed by atoms with van der Waals surface area (Å²) < 4.78 is 34.3. The molecule has 0 rings (SSSR count). The van der Waals surface area contributed by atoms with Crippen LogP contribution in [0.4, 0.5) is 0 Å². The fraction of sp³-hybridized carbons (Fsp3) is 0.581. The van der Waals surface area contributed by atoms with Crippen LogP contribution in [0.25, 0.3) is 0 Å². The normalized spacial score (nSPS) is 14.3. The van der Waals surface area contributed by atoms with E-state index in [1.165, 1.54) is 70.6 Å². The molecule has 0 aromatic carbocycles. The molecule has 0 N–H and O–H groups in total. The molecule has 0 spiro atoms. The summed E-state index contributed by atoms with van der Waals surface area (Å²) in [6.45, 7) is 3.97. The first-order valence-electron chi connectivity index (χ1n) is 37.8. The van der Waals surface area contributed by atoms with Crippen LogP contribution in [0.5, 0.6) is 0 Å². The number of esters is 2. The number of allylic oxidation sites excluding steroid dienone is 34. The van der Waals surface area contributed by atoms with Crippen LogP contribution in [0, 0.1) is 0 Å². The van der Waals surface area contributed by atoms with E-state index in [9.17, 15) is 19.0 Å². The van der Waals surface area contributed by atoms with E-state index in [1.807, 2.05) is 21.1 Å². The average Bonchev–Trinajstić information content (AvgIpc) is 1.98. The van der Waals surface area contributed by atoms with Crippen LogP contribution in [-0.2, 0) is 32.7 Å². The van der Waals surface area contributed by atoms with Gasteiger partial charge in [-0.05, 0) is 148 Å². The highest BCUT2D eigenvalue weighted by atomic mass is 31.2. The standard InChI is InChI=1S/C86H138NO8P/c1-6-8-10-12-14-16-18-20-22-24-26-28-30-32-34-36-38-40-41-42-43-44-45-47-49-51-53-55-57-59-61-63-65-67-69-71-73-75-77-79-86(89)95-84(83-94-96(90,91)93-81-80-87(3,4)5)82-92-85(88)78-76-74-72-70-68-66-64-62-60-58-56-54-52-50-48-46-39-37-35-33-31-29-27-25-23-21-19-17-15-13-11-9-7-2/h8-11,14-17,20-23,26-29,32-35,38-40,42-43,45-47,51,53,57,59,63,65,84H,6-7,12-13,18-19,24-25,30-31,36-37,41,44,48-50,52,54-56,58,60-62,64,66-83H2,1-5H3/b10-8-,11-9-,16-14-,17-15-,22-20-,23-21-,28-26-,29-27-,34-32-,35-33-,40-38-,43-42-,46-39-,47-45-,53-51-,59-57-,65-63-. The zero-order valence-corrected chi connectivity index (χ0v) is 62.4. The van der Waals surface area contributed by atoms with Crippen molar-refractivity contribution in [3.8, 4) is 0 Å². The number of carbonyl (C=O) groups is 2. The van der Waals surface area contributed by atoms with E-state index in [-0.39, 0.29) is 26.1 Å². The topological polar surface area (TPSA) is 111 Å².